The molecule has 0 unspecified atom stereocenters. The van der Waals surface area contributed by atoms with Gasteiger partial charge >= 0.3 is 144 Å². The molecule has 2 rings (SSSR count). The summed E-state index contributed by atoms with van der Waals surface area (Å²) in [5, 5.41) is 8.68. The molecular formula is C15H15N3S2Te. The van der Waals surface area contributed by atoms with E-state index in [4.69, 9.17) is 12.2 Å². The molecule has 3 nitrogen and oxygen atoms in total. The van der Waals surface area contributed by atoms with Crippen molar-refractivity contribution in [2.75, 3.05) is 14.1 Å². The second-order valence-electron chi connectivity index (χ2n) is 4.33. The fourth-order valence-electron chi connectivity index (χ4n) is 1.37. The van der Waals surface area contributed by atoms with Gasteiger partial charge in [0.25, 0.3) is 0 Å². The topological polar surface area (TPSA) is 28.0 Å². The van der Waals surface area contributed by atoms with Crippen LogP contribution >= 0.6 is 21.2 Å². The number of hydrogen-bond acceptors (Lipinski definition) is 4. The summed E-state index contributed by atoms with van der Waals surface area (Å²) in [5.41, 5.74) is 1.81. The van der Waals surface area contributed by atoms with Crippen molar-refractivity contribution in [1.29, 1.82) is 0 Å². The minimum absolute atomic E-state index is 0.465. The molecule has 0 atom stereocenters. The van der Waals surface area contributed by atoms with Crippen LogP contribution in [0, 0.1) is 0 Å². The zero-order valence-electron chi connectivity index (χ0n) is 11.8. The Balaban J connectivity index is 2.10. The van der Waals surface area contributed by atoms with Gasteiger partial charge in [-0.2, -0.15) is 0 Å². The van der Waals surface area contributed by atoms with E-state index < -0.39 is 19.5 Å². The Kier molecular flexibility index (Phi) is 6.65. The van der Waals surface area contributed by atoms with Gasteiger partial charge in [-0.1, -0.05) is 0 Å². The molecule has 0 aromatic heterocycles. The van der Waals surface area contributed by atoms with E-state index in [0.717, 1.165) is 15.7 Å². The minimum atomic E-state index is -0.465. The van der Waals surface area contributed by atoms with E-state index in [9.17, 15) is 0 Å². The van der Waals surface area contributed by atoms with Crippen molar-refractivity contribution in [3.05, 3.63) is 54.6 Å². The summed E-state index contributed by atoms with van der Waals surface area (Å²) in [7, 11) is 5.71. The SMILES string of the molecule is CN(C)C(=S)S[Te]c1ccccc1N=Nc1ccccc1. The Morgan fingerprint density at radius 3 is 2.38 bits per heavy atom. The number of azo groups is 1. The summed E-state index contributed by atoms with van der Waals surface area (Å²) < 4.78 is 2.18. The zero-order chi connectivity index (χ0) is 15.1. The first-order valence-corrected chi connectivity index (χ1v) is 11.5. The standard InChI is InChI=1S/C15H15N3S2Te/c1-18(2)15(19)20-21-14-11-7-6-10-13(14)17-16-12-8-4-3-5-9-12/h3-11H,1-2H3. The van der Waals surface area contributed by atoms with Gasteiger partial charge in [-0.3, -0.25) is 0 Å². The van der Waals surface area contributed by atoms with Gasteiger partial charge in [0.15, 0.2) is 0 Å². The third-order valence-corrected chi connectivity index (χ3v) is 9.42. The Labute approximate surface area is 143 Å². The molecule has 0 N–H and O–H groups in total. The number of benzene rings is 2. The van der Waals surface area contributed by atoms with E-state index in [-0.39, 0.29) is 0 Å². The van der Waals surface area contributed by atoms with E-state index in [1.807, 2.05) is 67.5 Å². The van der Waals surface area contributed by atoms with Crippen LogP contribution in [-0.4, -0.2) is 42.9 Å². The fraction of sp³-hybridized carbons (Fsp3) is 0.133. The van der Waals surface area contributed by atoms with Crippen LogP contribution in [0.5, 0.6) is 0 Å². The molecular weight excluding hydrogens is 414 g/mol. The molecule has 0 saturated carbocycles. The zero-order valence-corrected chi connectivity index (χ0v) is 15.7. The molecule has 0 bridgehead atoms. The molecule has 0 aliphatic rings. The number of thiocarbonyl (C=S) groups is 1. The van der Waals surface area contributed by atoms with E-state index >= 15 is 0 Å². The summed E-state index contributed by atoms with van der Waals surface area (Å²) in [6.45, 7) is 0. The Bertz CT molecular complexity index is 630. The molecule has 21 heavy (non-hydrogen) atoms. The van der Waals surface area contributed by atoms with Crippen LogP contribution in [0.15, 0.2) is 64.8 Å². The first-order valence-electron chi connectivity index (χ1n) is 6.28. The van der Waals surface area contributed by atoms with Crippen molar-refractivity contribution in [2.24, 2.45) is 10.2 Å². The first kappa shape index (κ1) is 16.4. The van der Waals surface area contributed by atoms with Crippen LogP contribution in [0.4, 0.5) is 11.4 Å². The first-order chi connectivity index (χ1) is 10.2. The Morgan fingerprint density at radius 1 is 1.00 bits per heavy atom. The van der Waals surface area contributed by atoms with Gasteiger partial charge in [0, 0.05) is 0 Å². The molecule has 0 radical (unpaired) electrons. The van der Waals surface area contributed by atoms with Crippen LogP contribution in [0.2, 0.25) is 0 Å². The van der Waals surface area contributed by atoms with Gasteiger partial charge in [0.1, 0.15) is 0 Å². The quantitative estimate of drug-likeness (QED) is 0.419. The van der Waals surface area contributed by atoms with Crippen molar-refractivity contribution in [1.82, 2.24) is 4.90 Å². The van der Waals surface area contributed by atoms with Gasteiger partial charge < -0.3 is 0 Å². The van der Waals surface area contributed by atoms with Crippen LogP contribution in [0.1, 0.15) is 0 Å². The van der Waals surface area contributed by atoms with Crippen molar-refractivity contribution < 1.29 is 0 Å². The fourth-order valence-corrected chi connectivity index (χ4v) is 6.90. The number of rotatable bonds is 4. The van der Waals surface area contributed by atoms with Gasteiger partial charge in [0.2, 0.25) is 0 Å². The predicted molar refractivity (Wildman–Crippen MR) is 96.3 cm³/mol. The van der Waals surface area contributed by atoms with Crippen LogP contribution in [0.3, 0.4) is 0 Å². The van der Waals surface area contributed by atoms with Crippen LogP contribution < -0.4 is 3.61 Å². The summed E-state index contributed by atoms with van der Waals surface area (Å²) in [5.74, 6) is 0. The summed E-state index contributed by atoms with van der Waals surface area (Å²) in [4.78, 5) is 1.97. The van der Waals surface area contributed by atoms with E-state index in [1.165, 1.54) is 3.61 Å². The molecule has 6 heteroatoms. The van der Waals surface area contributed by atoms with Gasteiger partial charge in [-0.25, -0.2) is 0 Å². The summed E-state index contributed by atoms with van der Waals surface area (Å²) >= 11 is 4.86. The van der Waals surface area contributed by atoms with Crippen LogP contribution in [-0.2, 0) is 0 Å². The van der Waals surface area contributed by atoms with Crippen molar-refractivity contribution in [2.45, 2.75) is 0 Å². The third kappa shape index (κ3) is 5.40. The van der Waals surface area contributed by atoms with E-state index in [1.54, 1.807) is 8.99 Å². The third-order valence-electron chi connectivity index (χ3n) is 2.46. The number of hydrogen-bond donors (Lipinski definition) is 0. The molecule has 0 aliphatic heterocycles. The average Bonchev–Trinajstić information content (AvgIpc) is 2.52. The second kappa shape index (κ2) is 8.50. The van der Waals surface area contributed by atoms with Gasteiger partial charge in [0.05, 0.1) is 0 Å². The monoisotopic (exact) mass is 431 g/mol. The van der Waals surface area contributed by atoms with E-state index in [0.29, 0.717) is 0 Å². The normalized spacial score (nSPS) is 10.8. The second-order valence-corrected chi connectivity index (χ2v) is 9.80. The molecule has 0 spiro atoms. The van der Waals surface area contributed by atoms with Crippen molar-refractivity contribution >= 4 is 60.1 Å². The van der Waals surface area contributed by atoms with Crippen LogP contribution in [0.25, 0.3) is 0 Å². The molecule has 0 aliphatic carbocycles. The van der Waals surface area contributed by atoms with Crippen molar-refractivity contribution in [3.8, 4) is 0 Å². The van der Waals surface area contributed by atoms with Gasteiger partial charge in [-0.05, 0) is 0 Å². The average molecular weight is 429 g/mol. The molecule has 2 aromatic rings. The molecule has 0 fully saturated rings. The van der Waals surface area contributed by atoms with E-state index in [2.05, 4.69) is 16.3 Å². The Morgan fingerprint density at radius 2 is 1.67 bits per heavy atom. The Hall–Kier alpha value is -0.930. The predicted octanol–water partition coefficient (Wildman–Crippen LogP) is 3.93. The maximum atomic E-state index is 5.33. The van der Waals surface area contributed by atoms with Crippen molar-refractivity contribution in [3.63, 3.8) is 0 Å². The molecule has 0 saturated heterocycles. The number of nitrogens with zero attached hydrogens (tertiary/aromatic N) is 3. The summed E-state index contributed by atoms with van der Waals surface area (Å²) in [6.07, 6.45) is 0. The molecule has 2 aromatic carbocycles. The summed E-state index contributed by atoms with van der Waals surface area (Å²) in [6, 6.07) is 17.9. The molecule has 0 heterocycles. The molecule has 0 amide bonds. The van der Waals surface area contributed by atoms with Gasteiger partial charge in [-0.15, -0.1) is 0 Å². The molecule has 108 valence electrons. The maximum absolute atomic E-state index is 5.33.